The van der Waals surface area contributed by atoms with Crippen molar-refractivity contribution in [3.63, 3.8) is 0 Å². The molecular weight excluding hydrogens is 284 g/mol. The van der Waals surface area contributed by atoms with Crippen LogP contribution in [0, 0.1) is 6.92 Å². The fourth-order valence-corrected chi connectivity index (χ4v) is 1.92. The van der Waals surface area contributed by atoms with Gasteiger partial charge in [0.1, 0.15) is 0 Å². The van der Waals surface area contributed by atoms with Gasteiger partial charge in [0.25, 0.3) is 0 Å². The van der Waals surface area contributed by atoms with Crippen LogP contribution in [0.2, 0.25) is 0 Å². The van der Waals surface area contributed by atoms with E-state index in [2.05, 4.69) is 41.5 Å². The van der Waals surface area contributed by atoms with Gasteiger partial charge in [0.2, 0.25) is 0 Å². The molecule has 1 aromatic heterocycles. The Morgan fingerprint density at radius 2 is 1.70 bits per heavy atom. The van der Waals surface area contributed by atoms with Crippen molar-refractivity contribution in [3.05, 3.63) is 65.5 Å². The first kappa shape index (κ1) is 21.3. The second-order valence-electron chi connectivity index (χ2n) is 4.74. The number of hydrogen-bond acceptors (Lipinski definition) is 3. The Morgan fingerprint density at radius 1 is 1.04 bits per heavy atom. The molecule has 128 valence electrons. The molecule has 2 aromatic rings. The fraction of sp³-hybridized carbons (Fsp3) is 0.450. The number of aliphatic hydroxyl groups excluding tert-OH is 1. The normalized spacial score (nSPS) is 10.7. The molecule has 3 heteroatoms. The highest BCUT2D eigenvalue weighted by atomic mass is 16.3. The van der Waals surface area contributed by atoms with Gasteiger partial charge in [0.15, 0.2) is 0 Å². The van der Waals surface area contributed by atoms with Crippen LogP contribution in [0.4, 0.5) is 0 Å². The quantitative estimate of drug-likeness (QED) is 0.781. The Hall–Kier alpha value is -1.71. The van der Waals surface area contributed by atoms with Gasteiger partial charge in [-0.05, 0) is 31.5 Å². The first-order chi connectivity index (χ1) is 11.3. The number of hydrogen-bond donors (Lipinski definition) is 2. The molecule has 0 fully saturated rings. The number of nitrogens with one attached hydrogen (secondary N) is 1. The molecule has 0 amide bonds. The summed E-state index contributed by atoms with van der Waals surface area (Å²) < 4.78 is 0. The van der Waals surface area contributed by atoms with Crippen LogP contribution in [0.25, 0.3) is 0 Å². The zero-order valence-corrected chi connectivity index (χ0v) is 15.2. The van der Waals surface area contributed by atoms with E-state index in [0.29, 0.717) is 6.54 Å². The molecule has 0 aliphatic rings. The third-order valence-corrected chi connectivity index (χ3v) is 3.12. The smallest absolute Gasteiger partial charge is 0.0929 e. The molecule has 3 nitrogen and oxygen atoms in total. The molecule has 0 radical (unpaired) electrons. The minimum absolute atomic E-state index is 0.494. The Balaban J connectivity index is 0.00000112. The Bertz CT molecular complexity index is 483. The molecular formula is C20H32N2O. The highest BCUT2D eigenvalue weighted by molar-refractivity contribution is 5.21. The van der Waals surface area contributed by atoms with Crippen molar-refractivity contribution >= 4 is 0 Å². The second kappa shape index (κ2) is 13.9. The average Bonchev–Trinajstić information content (AvgIpc) is 2.64. The van der Waals surface area contributed by atoms with Crippen LogP contribution in [-0.2, 0) is 6.42 Å². The van der Waals surface area contributed by atoms with E-state index in [4.69, 9.17) is 0 Å². The van der Waals surface area contributed by atoms with Crippen LogP contribution in [0.15, 0.2) is 48.8 Å². The molecule has 0 spiro atoms. The summed E-state index contributed by atoms with van der Waals surface area (Å²) in [5.74, 6) is 0. The molecule has 0 saturated carbocycles. The summed E-state index contributed by atoms with van der Waals surface area (Å²) in [6.07, 6.45) is 3.89. The van der Waals surface area contributed by atoms with E-state index in [0.717, 1.165) is 18.5 Å². The second-order valence-corrected chi connectivity index (χ2v) is 4.74. The summed E-state index contributed by atoms with van der Waals surface area (Å²) in [6.45, 7) is 11.5. The van der Waals surface area contributed by atoms with E-state index in [1.807, 2.05) is 39.8 Å². The standard InChI is InChI=1S/C16H20N2O.2C2H6/c1-13-4-6-14(7-5-13)8-10-18-12-16(19)15-3-2-9-17-11-15;2*1-2/h2-7,9,11,16,18-19H,8,10,12H2,1H3;2*1-2H3. The van der Waals surface area contributed by atoms with Gasteiger partial charge >= 0.3 is 0 Å². The van der Waals surface area contributed by atoms with Gasteiger partial charge in [-0.25, -0.2) is 0 Å². The highest BCUT2D eigenvalue weighted by Gasteiger charge is 2.05. The lowest BCUT2D eigenvalue weighted by molar-refractivity contribution is 0.174. The van der Waals surface area contributed by atoms with Crippen LogP contribution in [-0.4, -0.2) is 23.2 Å². The van der Waals surface area contributed by atoms with Gasteiger partial charge in [-0.2, -0.15) is 0 Å². The topological polar surface area (TPSA) is 45.1 Å². The monoisotopic (exact) mass is 316 g/mol. The molecule has 2 rings (SSSR count). The predicted octanol–water partition coefficient (Wildman–Crippen LogP) is 4.31. The summed E-state index contributed by atoms with van der Waals surface area (Å²) >= 11 is 0. The van der Waals surface area contributed by atoms with E-state index in [9.17, 15) is 5.11 Å². The SMILES string of the molecule is CC.CC.Cc1ccc(CCNCC(O)c2cccnc2)cc1. The number of pyridine rings is 1. The Morgan fingerprint density at radius 3 is 2.26 bits per heavy atom. The Kier molecular flexibility index (Phi) is 12.9. The summed E-state index contributed by atoms with van der Waals surface area (Å²) in [5.41, 5.74) is 3.45. The lowest BCUT2D eigenvalue weighted by Gasteiger charge is -2.11. The summed E-state index contributed by atoms with van der Waals surface area (Å²) in [5, 5.41) is 13.2. The number of aliphatic hydroxyl groups is 1. The predicted molar refractivity (Wildman–Crippen MR) is 99.6 cm³/mol. The molecule has 1 atom stereocenters. The maximum absolute atomic E-state index is 9.95. The molecule has 23 heavy (non-hydrogen) atoms. The number of aryl methyl sites for hydroxylation is 1. The lowest BCUT2D eigenvalue weighted by atomic mass is 10.1. The molecule has 0 saturated heterocycles. The Labute approximate surface area is 141 Å². The van der Waals surface area contributed by atoms with Gasteiger partial charge in [-0.15, -0.1) is 0 Å². The van der Waals surface area contributed by atoms with Crippen LogP contribution < -0.4 is 5.32 Å². The van der Waals surface area contributed by atoms with Crippen LogP contribution in [0.3, 0.4) is 0 Å². The van der Waals surface area contributed by atoms with Crippen molar-refractivity contribution in [2.45, 2.75) is 47.1 Å². The molecule has 0 aliphatic heterocycles. The van der Waals surface area contributed by atoms with Gasteiger partial charge in [0.05, 0.1) is 6.10 Å². The third-order valence-electron chi connectivity index (χ3n) is 3.12. The number of benzene rings is 1. The van der Waals surface area contributed by atoms with Crippen molar-refractivity contribution in [1.82, 2.24) is 10.3 Å². The largest absolute Gasteiger partial charge is 0.387 e. The van der Waals surface area contributed by atoms with Crippen molar-refractivity contribution in [1.29, 1.82) is 0 Å². The number of rotatable bonds is 6. The molecule has 2 N–H and O–H groups in total. The van der Waals surface area contributed by atoms with Gasteiger partial charge in [-0.1, -0.05) is 63.6 Å². The van der Waals surface area contributed by atoms with Crippen molar-refractivity contribution in [3.8, 4) is 0 Å². The van der Waals surface area contributed by atoms with E-state index < -0.39 is 6.10 Å². The zero-order valence-electron chi connectivity index (χ0n) is 15.2. The molecule has 0 bridgehead atoms. The third kappa shape index (κ3) is 9.11. The molecule has 0 aliphatic carbocycles. The van der Waals surface area contributed by atoms with E-state index in [1.54, 1.807) is 12.4 Å². The minimum atomic E-state index is -0.494. The first-order valence-corrected chi connectivity index (χ1v) is 8.60. The molecule has 1 unspecified atom stereocenters. The minimum Gasteiger partial charge on any atom is -0.387 e. The van der Waals surface area contributed by atoms with Crippen LogP contribution in [0.1, 0.15) is 50.5 Å². The van der Waals surface area contributed by atoms with E-state index >= 15 is 0 Å². The first-order valence-electron chi connectivity index (χ1n) is 8.60. The summed E-state index contributed by atoms with van der Waals surface area (Å²) in [6, 6.07) is 12.3. The lowest BCUT2D eigenvalue weighted by Crippen LogP contribution is -2.23. The van der Waals surface area contributed by atoms with Gasteiger partial charge in [-0.3, -0.25) is 4.98 Å². The van der Waals surface area contributed by atoms with Crippen LogP contribution in [0.5, 0.6) is 0 Å². The average molecular weight is 316 g/mol. The van der Waals surface area contributed by atoms with E-state index in [1.165, 1.54) is 11.1 Å². The number of aromatic nitrogens is 1. The van der Waals surface area contributed by atoms with Crippen molar-refractivity contribution in [2.24, 2.45) is 0 Å². The van der Waals surface area contributed by atoms with Gasteiger partial charge in [0, 0.05) is 24.5 Å². The number of nitrogens with zero attached hydrogens (tertiary/aromatic N) is 1. The van der Waals surface area contributed by atoms with Gasteiger partial charge < -0.3 is 10.4 Å². The van der Waals surface area contributed by atoms with Crippen molar-refractivity contribution in [2.75, 3.05) is 13.1 Å². The maximum Gasteiger partial charge on any atom is 0.0929 e. The molecule has 1 aromatic carbocycles. The van der Waals surface area contributed by atoms with Crippen molar-refractivity contribution < 1.29 is 5.11 Å². The molecule has 1 heterocycles. The highest BCUT2D eigenvalue weighted by Crippen LogP contribution is 2.09. The summed E-state index contributed by atoms with van der Waals surface area (Å²) in [7, 11) is 0. The zero-order chi connectivity index (χ0) is 17.5. The van der Waals surface area contributed by atoms with Crippen LogP contribution >= 0.6 is 0 Å². The maximum atomic E-state index is 9.95. The fourth-order valence-electron chi connectivity index (χ4n) is 1.92. The summed E-state index contributed by atoms with van der Waals surface area (Å²) in [4.78, 5) is 4.00. The van der Waals surface area contributed by atoms with E-state index in [-0.39, 0.29) is 0 Å².